The van der Waals surface area contributed by atoms with E-state index in [-0.39, 0.29) is 5.38 Å². The molecule has 0 bridgehead atoms. The minimum absolute atomic E-state index is 0.186. The molecule has 0 aliphatic rings. The van der Waals surface area contributed by atoms with Crippen molar-refractivity contribution in [3.63, 3.8) is 0 Å². The molecule has 0 amide bonds. The molecule has 0 radical (unpaired) electrons. The highest BCUT2D eigenvalue weighted by Crippen LogP contribution is 2.28. The Morgan fingerprint density at radius 2 is 1.81 bits per heavy atom. The number of halogens is 3. The van der Waals surface area contributed by atoms with Gasteiger partial charge in [0, 0.05) is 4.47 Å². The van der Waals surface area contributed by atoms with E-state index in [9.17, 15) is 0 Å². The first-order valence-electron chi connectivity index (χ1n) is 4.79. The summed E-state index contributed by atoms with van der Waals surface area (Å²) in [5.41, 5.74) is 1.16. The molecule has 1 unspecified atom stereocenters. The van der Waals surface area contributed by atoms with Gasteiger partial charge in [-0.2, -0.15) is 0 Å². The first-order chi connectivity index (χ1) is 7.65. The molecule has 0 aliphatic heterocycles. The first kappa shape index (κ1) is 12.0. The van der Waals surface area contributed by atoms with E-state index in [2.05, 4.69) is 15.9 Å². The Morgan fingerprint density at radius 1 is 1.12 bits per heavy atom. The zero-order valence-electron chi connectivity index (χ0n) is 8.29. The fourth-order valence-electron chi connectivity index (χ4n) is 1.42. The van der Waals surface area contributed by atoms with Gasteiger partial charge >= 0.3 is 0 Å². The molecule has 1 aromatic carbocycles. The number of alkyl halides is 1. The zero-order valence-corrected chi connectivity index (χ0v) is 11.4. The third-order valence-electron chi connectivity index (χ3n) is 2.23. The molecule has 2 rings (SSSR count). The van der Waals surface area contributed by atoms with Gasteiger partial charge in [0.05, 0.1) is 5.38 Å². The van der Waals surface area contributed by atoms with Gasteiger partial charge in [0.1, 0.15) is 5.76 Å². The Morgan fingerprint density at radius 3 is 2.38 bits per heavy atom. The fourth-order valence-corrected chi connectivity index (χ4v) is 2.14. The Balaban J connectivity index is 2.07. The molecule has 1 heterocycles. The largest absolute Gasteiger partial charge is 0.448 e. The summed E-state index contributed by atoms with van der Waals surface area (Å²) in [6.07, 6.45) is 0.721. The summed E-state index contributed by atoms with van der Waals surface area (Å²) in [5.74, 6) is 0.703. The van der Waals surface area contributed by atoms with Crippen LogP contribution in [0.1, 0.15) is 16.7 Å². The van der Waals surface area contributed by atoms with Crippen LogP contribution in [0.5, 0.6) is 0 Å². The molecule has 2 aromatic rings. The zero-order chi connectivity index (χ0) is 11.5. The predicted octanol–water partition coefficient (Wildman–Crippen LogP) is 5.22. The van der Waals surface area contributed by atoms with Crippen molar-refractivity contribution in [1.82, 2.24) is 0 Å². The molecule has 84 valence electrons. The minimum atomic E-state index is -0.186. The van der Waals surface area contributed by atoms with Crippen LogP contribution >= 0.6 is 39.1 Å². The highest BCUT2D eigenvalue weighted by Gasteiger charge is 2.12. The van der Waals surface area contributed by atoms with Gasteiger partial charge in [0.25, 0.3) is 0 Å². The van der Waals surface area contributed by atoms with Gasteiger partial charge in [-0.05, 0) is 47.9 Å². The molecule has 1 atom stereocenters. The van der Waals surface area contributed by atoms with E-state index in [0.29, 0.717) is 11.0 Å². The lowest BCUT2D eigenvalue weighted by Crippen LogP contribution is -1.93. The Kier molecular flexibility index (Phi) is 3.95. The van der Waals surface area contributed by atoms with Gasteiger partial charge in [-0.25, -0.2) is 0 Å². The van der Waals surface area contributed by atoms with Crippen LogP contribution in [0, 0.1) is 0 Å². The monoisotopic (exact) mass is 318 g/mol. The van der Waals surface area contributed by atoms with Crippen LogP contribution in [0.15, 0.2) is 45.3 Å². The lowest BCUT2D eigenvalue weighted by Gasteiger charge is -2.06. The highest BCUT2D eigenvalue weighted by atomic mass is 79.9. The van der Waals surface area contributed by atoms with Crippen molar-refractivity contribution in [2.45, 2.75) is 11.8 Å². The van der Waals surface area contributed by atoms with Crippen LogP contribution in [-0.4, -0.2) is 0 Å². The summed E-state index contributed by atoms with van der Waals surface area (Å²) in [6, 6.07) is 11.6. The van der Waals surface area contributed by atoms with Gasteiger partial charge in [0.2, 0.25) is 0 Å². The standard InChI is InChI=1S/C12H9BrCl2O/c13-9-3-1-8(2-4-9)7-10(14)11-5-6-12(15)16-11/h1-6,10H,7H2. The molecule has 0 aliphatic carbocycles. The highest BCUT2D eigenvalue weighted by molar-refractivity contribution is 9.10. The maximum atomic E-state index is 6.23. The topological polar surface area (TPSA) is 13.1 Å². The van der Waals surface area contributed by atoms with Gasteiger partial charge in [-0.15, -0.1) is 11.6 Å². The number of rotatable bonds is 3. The summed E-state index contributed by atoms with van der Waals surface area (Å²) in [6.45, 7) is 0. The molecule has 0 saturated heterocycles. The lowest BCUT2D eigenvalue weighted by molar-refractivity contribution is 0.504. The quantitative estimate of drug-likeness (QED) is 0.707. The number of furan rings is 1. The van der Waals surface area contributed by atoms with E-state index < -0.39 is 0 Å². The van der Waals surface area contributed by atoms with Crippen LogP contribution in [0.3, 0.4) is 0 Å². The molecular weight excluding hydrogens is 311 g/mol. The summed E-state index contributed by atoms with van der Waals surface area (Å²) in [4.78, 5) is 0. The van der Waals surface area contributed by atoms with E-state index in [1.807, 2.05) is 24.3 Å². The third kappa shape index (κ3) is 3.03. The van der Waals surface area contributed by atoms with E-state index in [1.54, 1.807) is 12.1 Å². The summed E-state index contributed by atoms with van der Waals surface area (Å²) in [5, 5.41) is 0.185. The van der Waals surface area contributed by atoms with Crippen LogP contribution in [0.2, 0.25) is 5.22 Å². The van der Waals surface area contributed by atoms with Crippen LogP contribution in [-0.2, 0) is 6.42 Å². The fraction of sp³-hybridized carbons (Fsp3) is 0.167. The summed E-state index contributed by atoms with van der Waals surface area (Å²) >= 11 is 15.3. The second kappa shape index (κ2) is 5.26. The average Bonchev–Trinajstić information content (AvgIpc) is 2.68. The molecule has 16 heavy (non-hydrogen) atoms. The van der Waals surface area contributed by atoms with Crippen molar-refractivity contribution in [1.29, 1.82) is 0 Å². The molecule has 0 fully saturated rings. The van der Waals surface area contributed by atoms with Crippen LogP contribution in [0.4, 0.5) is 0 Å². The first-order valence-corrected chi connectivity index (χ1v) is 6.39. The molecule has 1 aromatic heterocycles. The van der Waals surface area contributed by atoms with Gasteiger partial charge in [0.15, 0.2) is 5.22 Å². The molecule has 4 heteroatoms. The van der Waals surface area contributed by atoms with Crippen molar-refractivity contribution in [2.75, 3.05) is 0 Å². The summed E-state index contributed by atoms with van der Waals surface area (Å²) in [7, 11) is 0. The maximum absolute atomic E-state index is 6.23. The summed E-state index contributed by atoms with van der Waals surface area (Å²) < 4.78 is 6.32. The minimum Gasteiger partial charge on any atom is -0.448 e. The SMILES string of the molecule is Clc1ccc(C(Cl)Cc2ccc(Br)cc2)o1. The molecule has 1 nitrogen and oxygen atoms in total. The molecule has 0 saturated carbocycles. The predicted molar refractivity (Wildman–Crippen MR) is 70.2 cm³/mol. The van der Waals surface area contributed by atoms with E-state index >= 15 is 0 Å². The second-order valence-corrected chi connectivity index (χ2v) is 5.26. The van der Waals surface area contributed by atoms with E-state index in [0.717, 1.165) is 16.5 Å². The van der Waals surface area contributed by atoms with Crippen molar-refractivity contribution >= 4 is 39.1 Å². The van der Waals surface area contributed by atoms with Crippen molar-refractivity contribution in [2.24, 2.45) is 0 Å². The van der Waals surface area contributed by atoms with Crippen molar-refractivity contribution in [3.8, 4) is 0 Å². The third-order valence-corrected chi connectivity index (χ3v) is 3.33. The van der Waals surface area contributed by atoms with E-state index in [4.69, 9.17) is 27.6 Å². The van der Waals surface area contributed by atoms with Crippen molar-refractivity contribution < 1.29 is 4.42 Å². The molecular formula is C12H9BrCl2O. The molecule has 0 N–H and O–H groups in total. The Labute approximate surface area is 112 Å². The van der Waals surface area contributed by atoms with Gasteiger partial charge < -0.3 is 4.42 Å². The van der Waals surface area contributed by atoms with E-state index in [1.165, 1.54) is 0 Å². The maximum Gasteiger partial charge on any atom is 0.193 e. The Bertz CT molecular complexity index is 464. The smallest absolute Gasteiger partial charge is 0.193 e. The Hall–Kier alpha value is -0.440. The number of benzene rings is 1. The van der Waals surface area contributed by atoms with Gasteiger partial charge in [-0.3, -0.25) is 0 Å². The number of hydrogen-bond donors (Lipinski definition) is 0. The van der Waals surface area contributed by atoms with Gasteiger partial charge in [-0.1, -0.05) is 28.1 Å². The van der Waals surface area contributed by atoms with Crippen LogP contribution < -0.4 is 0 Å². The number of hydrogen-bond acceptors (Lipinski definition) is 1. The molecule has 0 spiro atoms. The average molecular weight is 320 g/mol. The lowest BCUT2D eigenvalue weighted by atomic mass is 10.1. The van der Waals surface area contributed by atoms with Crippen molar-refractivity contribution in [3.05, 3.63) is 57.4 Å². The van der Waals surface area contributed by atoms with Crippen LogP contribution in [0.25, 0.3) is 0 Å². The second-order valence-electron chi connectivity index (χ2n) is 3.44. The normalized spacial score (nSPS) is 12.7.